The third-order valence-electron chi connectivity index (χ3n) is 3.69. The van der Waals surface area contributed by atoms with E-state index in [1.165, 1.54) is 5.56 Å². The van der Waals surface area contributed by atoms with E-state index in [4.69, 9.17) is 5.73 Å². The first-order valence-corrected chi connectivity index (χ1v) is 8.77. The number of carbonyl (C=O) groups excluding carboxylic acids is 2. The molecule has 6 heteroatoms. The summed E-state index contributed by atoms with van der Waals surface area (Å²) in [7, 11) is 0. The van der Waals surface area contributed by atoms with E-state index in [9.17, 15) is 9.59 Å². The fourth-order valence-electron chi connectivity index (χ4n) is 2.35. The van der Waals surface area contributed by atoms with Crippen LogP contribution in [-0.2, 0) is 9.59 Å². The predicted molar refractivity (Wildman–Crippen MR) is 96.9 cm³/mol. The van der Waals surface area contributed by atoms with Crippen molar-refractivity contribution < 1.29 is 9.59 Å². The topological polar surface area (TPSA) is 84.2 Å². The summed E-state index contributed by atoms with van der Waals surface area (Å²) in [5, 5.41) is 7.76. The molecule has 2 aromatic rings. The fourth-order valence-corrected chi connectivity index (χ4v) is 3.18. The van der Waals surface area contributed by atoms with Crippen molar-refractivity contribution in [3.63, 3.8) is 0 Å². The van der Waals surface area contributed by atoms with Crippen LogP contribution in [0.5, 0.6) is 0 Å². The van der Waals surface area contributed by atoms with Gasteiger partial charge in [0.05, 0.1) is 19.1 Å². The van der Waals surface area contributed by atoms with Crippen LogP contribution < -0.4 is 16.4 Å². The first kappa shape index (κ1) is 18.2. The maximum Gasteiger partial charge on any atom is 0.236 e. The van der Waals surface area contributed by atoms with E-state index in [-0.39, 0.29) is 25.0 Å². The Morgan fingerprint density at radius 3 is 2.29 bits per heavy atom. The lowest BCUT2D eigenvalue weighted by atomic mass is 9.98. The van der Waals surface area contributed by atoms with E-state index in [2.05, 4.69) is 48.7 Å². The summed E-state index contributed by atoms with van der Waals surface area (Å²) in [6.07, 6.45) is 0. The highest BCUT2D eigenvalue weighted by Crippen LogP contribution is 2.27. The normalized spacial score (nSPS) is 12.1. The molecule has 1 heterocycles. The van der Waals surface area contributed by atoms with Gasteiger partial charge in [-0.15, -0.1) is 11.3 Å². The molecule has 5 nitrogen and oxygen atoms in total. The zero-order valence-corrected chi connectivity index (χ0v) is 14.7. The SMILES string of the molecule is CC(C)c1ccc([C@H](NCC(=O)NCC(N)=O)c2cccs2)cc1. The summed E-state index contributed by atoms with van der Waals surface area (Å²) < 4.78 is 0. The van der Waals surface area contributed by atoms with E-state index >= 15 is 0 Å². The standard InChI is InChI=1S/C18H23N3O2S/c1-12(2)13-5-7-14(8-6-13)18(15-4-3-9-24-15)21-11-17(23)20-10-16(19)22/h3-9,12,18,21H,10-11H2,1-2H3,(H2,19,22)(H,20,23)/t18-/m0/s1. The third kappa shape index (κ3) is 5.18. The van der Waals surface area contributed by atoms with Crippen LogP contribution in [0.1, 0.15) is 41.8 Å². The van der Waals surface area contributed by atoms with Gasteiger partial charge in [0.2, 0.25) is 11.8 Å². The molecule has 4 N–H and O–H groups in total. The van der Waals surface area contributed by atoms with Crippen LogP contribution in [0.2, 0.25) is 0 Å². The van der Waals surface area contributed by atoms with Crippen LogP contribution in [0.4, 0.5) is 0 Å². The number of thiophene rings is 1. The average molecular weight is 345 g/mol. The van der Waals surface area contributed by atoms with Crippen molar-refractivity contribution in [3.8, 4) is 0 Å². The van der Waals surface area contributed by atoms with Crippen LogP contribution in [0.15, 0.2) is 41.8 Å². The van der Waals surface area contributed by atoms with E-state index in [0.29, 0.717) is 5.92 Å². The Bertz CT molecular complexity index is 666. The monoisotopic (exact) mass is 345 g/mol. The molecular formula is C18H23N3O2S. The van der Waals surface area contributed by atoms with E-state index in [1.807, 2.05) is 17.5 Å². The van der Waals surface area contributed by atoms with Crippen LogP contribution in [-0.4, -0.2) is 24.9 Å². The van der Waals surface area contributed by atoms with Gasteiger partial charge in [0, 0.05) is 4.88 Å². The Kier molecular flexibility index (Phi) is 6.52. The zero-order valence-electron chi connectivity index (χ0n) is 13.9. The molecule has 128 valence electrons. The van der Waals surface area contributed by atoms with Crippen LogP contribution in [0.3, 0.4) is 0 Å². The smallest absolute Gasteiger partial charge is 0.236 e. The van der Waals surface area contributed by atoms with Crippen LogP contribution in [0.25, 0.3) is 0 Å². The second-order valence-corrected chi connectivity index (χ2v) is 6.87. The van der Waals surface area contributed by atoms with E-state index in [0.717, 1.165) is 10.4 Å². The number of rotatable bonds is 8. The Labute approximate surface area is 146 Å². The van der Waals surface area contributed by atoms with Gasteiger partial charge in [-0.1, -0.05) is 44.2 Å². The maximum atomic E-state index is 11.8. The average Bonchev–Trinajstić information content (AvgIpc) is 3.08. The second kappa shape index (κ2) is 8.61. The fraction of sp³-hybridized carbons (Fsp3) is 0.333. The summed E-state index contributed by atoms with van der Waals surface area (Å²) in [6.45, 7) is 4.29. The molecule has 0 radical (unpaired) electrons. The molecule has 0 fully saturated rings. The number of hydrogen-bond acceptors (Lipinski definition) is 4. The minimum absolute atomic E-state index is 0.0643. The van der Waals surface area contributed by atoms with Crippen LogP contribution in [0, 0.1) is 0 Å². The second-order valence-electron chi connectivity index (χ2n) is 5.89. The molecule has 1 aromatic carbocycles. The molecule has 0 aliphatic rings. The molecule has 0 saturated heterocycles. The Hall–Kier alpha value is -2.18. The zero-order chi connectivity index (χ0) is 17.5. The highest BCUT2D eigenvalue weighted by Gasteiger charge is 2.16. The Morgan fingerprint density at radius 1 is 1.08 bits per heavy atom. The Morgan fingerprint density at radius 2 is 1.75 bits per heavy atom. The summed E-state index contributed by atoms with van der Waals surface area (Å²) in [6, 6.07) is 12.4. The van der Waals surface area contributed by atoms with Gasteiger partial charge in [0.25, 0.3) is 0 Å². The molecule has 0 aliphatic heterocycles. The molecule has 0 saturated carbocycles. The number of benzene rings is 1. The summed E-state index contributed by atoms with van der Waals surface area (Å²) in [5.41, 5.74) is 7.41. The van der Waals surface area contributed by atoms with Crippen molar-refractivity contribution >= 4 is 23.2 Å². The predicted octanol–water partition coefficient (Wildman–Crippen LogP) is 2.15. The van der Waals surface area contributed by atoms with Crippen molar-refractivity contribution in [1.82, 2.24) is 10.6 Å². The largest absolute Gasteiger partial charge is 0.368 e. The van der Waals surface area contributed by atoms with Gasteiger partial charge in [0.15, 0.2) is 0 Å². The summed E-state index contributed by atoms with van der Waals surface area (Å²) >= 11 is 1.64. The number of amides is 2. The number of nitrogens with one attached hydrogen (secondary N) is 2. The van der Waals surface area contributed by atoms with Crippen molar-refractivity contribution in [2.75, 3.05) is 13.1 Å². The minimum Gasteiger partial charge on any atom is -0.368 e. The van der Waals surface area contributed by atoms with E-state index < -0.39 is 5.91 Å². The number of nitrogens with two attached hydrogens (primary N) is 1. The minimum atomic E-state index is -0.553. The van der Waals surface area contributed by atoms with Crippen molar-refractivity contribution in [2.45, 2.75) is 25.8 Å². The number of hydrogen-bond donors (Lipinski definition) is 3. The first-order chi connectivity index (χ1) is 11.5. The first-order valence-electron chi connectivity index (χ1n) is 7.89. The lowest BCUT2D eigenvalue weighted by Gasteiger charge is -2.18. The highest BCUT2D eigenvalue weighted by molar-refractivity contribution is 7.10. The lowest BCUT2D eigenvalue weighted by molar-refractivity contribution is -0.124. The lowest BCUT2D eigenvalue weighted by Crippen LogP contribution is -2.39. The molecule has 0 bridgehead atoms. The molecule has 24 heavy (non-hydrogen) atoms. The number of carbonyl (C=O) groups is 2. The van der Waals surface area contributed by atoms with Gasteiger partial charge in [0.1, 0.15) is 0 Å². The summed E-state index contributed by atoms with van der Waals surface area (Å²) in [4.78, 5) is 23.7. The van der Waals surface area contributed by atoms with Gasteiger partial charge in [-0.25, -0.2) is 0 Å². The van der Waals surface area contributed by atoms with Gasteiger partial charge in [-0.3, -0.25) is 14.9 Å². The molecule has 2 rings (SSSR count). The van der Waals surface area contributed by atoms with Crippen molar-refractivity contribution in [1.29, 1.82) is 0 Å². The molecular weight excluding hydrogens is 322 g/mol. The quantitative estimate of drug-likeness (QED) is 0.685. The summed E-state index contributed by atoms with van der Waals surface area (Å²) in [5.74, 6) is -0.330. The van der Waals surface area contributed by atoms with Crippen LogP contribution >= 0.6 is 11.3 Å². The van der Waals surface area contributed by atoms with Gasteiger partial charge < -0.3 is 11.1 Å². The molecule has 0 aliphatic carbocycles. The third-order valence-corrected chi connectivity index (χ3v) is 4.63. The highest BCUT2D eigenvalue weighted by atomic mass is 32.1. The van der Waals surface area contributed by atoms with Crippen molar-refractivity contribution in [3.05, 3.63) is 57.8 Å². The van der Waals surface area contributed by atoms with Gasteiger partial charge in [-0.2, -0.15) is 0 Å². The molecule has 1 atom stereocenters. The molecule has 1 aromatic heterocycles. The molecule has 0 unspecified atom stereocenters. The Balaban J connectivity index is 2.08. The van der Waals surface area contributed by atoms with Crippen molar-refractivity contribution in [2.24, 2.45) is 5.73 Å². The van der Waals surface area contributed by atoms with Gasteiger partial charge >= 0.3 is 0 Å². The number of primary amides is 1. The molecule has 2 amide bonds. The molecule has 0 spiro atoms. The maximum absolute atomic E-state index is 11.8. The van der Waals surface area contributed by atoms with Gasteiger partial charge in [-0.05, 0) is 28.5 Å². The van der Waals surface area contributed by atoms with E-state index in [1.54, 1.807) is 11.3 Å².